The smallest absolute Gasteiger partial charge is 0.176 e. The molecule has 1 saturated heterocycles. The quantitative estimate of drug-likeness (QED) is 0.338. The van der Waals surface area contributed by atoms with Gasteiger partial charge in [-0.15, -0.1) is 4.80 Å². The molecule has 6 aromatic rings. The summed E-state index contributed by atoms with van der Waals surface area (Å²) in [4.78, 5) is 17.8. The Bertz CT molecular complexity index is 1800. The zero-order valence-corrected chi connectivity index (χ0v) is 21.8. The first-order chi connectivity index (χ1) is 19.1. The monoisotopic (exact) mass is 517 g/mol. The maximum absolute atomic E-state index is 5.47. The van der Waals surface area contributed by atoms with Gasteiger partial charge < -0.3 is 4.74 Å². The van der Waals surface area contributed by atoms with Crippen LogP contribution in [0.4, 0.5) is 0 Å². The van der Waals surface area contributed by atoms with Crippen LogP contribution in [-0.2, 0) is 11.3 Å². The number of morpholine rings is 1. The normalized spacial score (nSPS) is 14.4. The van der Waals surface area contributed by atoms with Crippen LogP contribution in [0.3, 0.4) is 0 Å². The van der Waals surface area contributed by atoms with Crippen LogP contribution in [0.5, 0.6) is 0 Å². The molecule has 1 aromatic carbocycles. The Kier molecular flexibility index (Phi) is 5.83. The molecule has 7 rings (SSSR count). The predicted molar refractivity (Wildman–Crippen MR) is 147 cm³/mol. The van der Waals surface area contributed by atoms with Crippen LogP contribution in [0.2, 0.25) is 0 Å². The van der Waals surface area contributed by atoms with E-state index in [1.54, 1.807) is 12.4 Å². The highest BCUT2D eigenvalue weighted by atomic mass is 16.5. The molecule has 5 aromatic heterocycles. The zero-order chi connectivity index (χ0) is 26.3. The van der Waals surface area contributed by atoms with Crippen LogP contribution in [-0.4, -0.2) is 70.8 Å². The zero-order valence-electron chi connectivity index (χ0n) is 21.8. The summed E-state index contributed by atoms with van der Waals surface area (Å²) < 4.78 is 7.36. The van der Waals surface area contributed by atoms with E-state index in [0.29, 0.717) is 11.5 Å². The van der Waals surface area contributed by atoms with E-state index >= 15 is 0 Å². The third-order valence-electron chi connectivity index (χ3n) is 7.13. The van der Waals surface area contributed by atoms with Crippen LogP contribution >= 0.6 is 0 Å². The average molecular weight is 518 g/mol. The van der Waals surface area contributed by atoms with Gasteiger partial charge in [-0.3, -0.25) is 4.90 Å². The van der Waals surface area contributed by atoms with Gasteiger partial charge >= 0.3 is 0 Å². The molecule has 0 atom stereocenters. The lowest BCUT2D eigenvalue weighted by atomic mass is 10.0. The lowest BCUT2D eigenvalue weighted by molar-refractivity contribution is 0.0342. The van der Waals surface area contributed by atoms with E-state index in [1.165, 1.54) is 10.4 Å². The molecule has 1 aliphatic heterocycles. The summed E-state index contributed by atoms with van der Waals surface area (Å²) in [5, 5.41) is 14.5. The van der Waals surface area contributed by atoms with E-state index in [1.807, 2.05) is 42.8 Å². The van der Waals surface area contributed by atoms with Gasteiger partial charge in [0.2, 0.25) is 0 Å². The number of benzene rings is 1. The second-order valence-corrected chi connectivity index (χ2v) is 9.82. The topological polar surface area (TPSA) is 99.2 Å². The van der Waals surface area contributed by atoms with Gasteiger partial charge in [-0.25, -0.2) is 19.5 Å². The van der Waals surface area contributed by atoms with Crippen molar-refractivity contribution in [3.8, 4) is 28.2 Å². The fourth-order valence-corrected chi connectivity index (χ4v) is 5.09. The number of aromatic nitrogens is 8. The van der Waals surface area contributed by atoms with Gasteiger partial charge in [0.15, 0.2) is 17.1 Å². The van der Waals surface area contributed by atoms with Crippen LogP contribution < -0.4 is 0 Å². The SMILES string of the molecule is Cc1cnn(-c2ccc3c(-c4cnc5cc(-c6ccc(CN7CCOCC7)cc6)c(C)nn45)ccnc3n2)n1. The lowest BCUT2D eigenvalue weighted by Crippen LogP contribution is -2.35. The standard InChI is InChI=1S/C29H27N9O/c1-19-16-32-38(34-19)27-8-7-24-23(9-10-30-29(24)33-27)26-17-31-28-15-25(20(2)35-37(26)28)22-5-3-21(4-6-22)18-36-11-13-39-14-12-36/h3-10,15-17H,11-14,18H2,1-2H3. The first-order valence-corrected chi connectivity index (χ1v) is 13.0. The Labute approximate surface area is 224 Å². The summed E-state index contributed by atoms with van der Waals surface area (Å²) in [6.07, 6.45) is 5.32. The molecule has 0 aliphatic carbocycles. The second kappa shape index (κ2) is 9.64. The number of ether oxygens (including phenoxy) is 1. The van der Waals surface area contributed by atoms with E-state index in [2.05, 4.69) is 50.4 Å². The number of nitrogens with zero attached hydrogens (tertiary/aromatic N) is 9. The molecule has 0 saturated carbocycles. The van der Waals surface area contributed by atoms with E-state index in [4.69, 9.17) is 19.8 Å². The minimum atomic E-state index is 0.611. The van der Waals surface area contributed by atoms with Crippen molar-refractivity contribution < 1.29 is 4.74 Å². The summed E-state index contributed by atoms with van der Waals surface area (Å²) in [5.41, 5.74) is 8.51. The minimum Gasteiger partial charge on any atom is -0.379 e. The summed E-state index contributed by atoms with van der Waals surface area (Å²) in [6.45, 7) is 8.46. The molecule has 0 spiro atoms. The first kappa shape index (κ1) is 23.6. The Hall–Kier alpha value is -4.54. The number of aryl methyl sites for hydroxylation is 2. The third-order valence-corrected chi connectivity index (χ3v) is 7.13. The van der Waals surface area contributed by atoms with Gasteiger partial charge in [-0.1, -0.05) is 24.3 Å². The molecular formula is C29H27N9O. The average Bonchev–Trinajstić information content (AvgIpc) is 3.59. The summed E-state index contributed by atoms with van der Waals surface area (Å²) in [5.74, 6) is 0.618. The number of imidazole rings is 1. The Morgan fingerprint density at radius 1 is 0.872 bits per heavy atom. The third kappa shape index (κ3) is 4.43. The van der Waals surface area contributed by atoms with Crippen LogP contribution in [0, 0.1) is 13.8 Å². The van der Waals surface area contributed by atoms with Gasteiger partial charge in [-0.05, 0) is 49.2 Å². The van der Waals surface area contributed by atoms with Crippen LogP contribution in [0.15, 0.2) is 67.1 Å². The van der Waals surface area contributed by atoms with E-state index < -0.39 is 0 Å². The fourth-order valence-electron chi connectivity index (χ4n) is 5.09. The van der Waals surface area contributed by atoms with Crippen LogP contribution in [0.25, 0.3) is 44.9 Å². The molecule has 194 valence electrons. The summed E-state index contributed by atoms with van der Waals surface area (Å²) in [6, 6.07) is 16.7. The Morgan fingerprint density at radius 2 is 1.72 bits per heavy atom. The molecule has 6 heterocycles. The highest BCUT2D eigenvalue weighted by Gasteiger charge is 2.16. The Morgan fingerprint density at radius 3 is 2.51 bits per heavy atom. The molecule has 39 heavy (non-hydrogen) atoms. The lowest BCUT2D eigenvalue weighted by Gasteiger charge is -2.26. The van der Waals surface area contributed by atoms with Crippen molar-refractivity contribution in [3.05, 3.63) is 84.1 Å². The molecule has 10 heteroatoms. The van der Waals surface area contributed by atoms with Crippen LogP contribution in [0.1, 0.15) is 17.0 Å². The van der Waals surface area contributed by atoms with Crippen molar-refractivity contribution in [1.29, 1.82) is 0 Å². The maximum atomic E-state index is 5.47. The second-order valence-electron chi connectivity index (χ2n) is 9.82. The largest absolute Gasteiger partial charge is 0.379 e. The van der Waals surface area contributed by atoms with Crippen molar-refractivity contribution in [1.82, 2.24) is 44.5 Å². The molecule has 1 aliphatic rings. The molecule has 0 unspecified atom stereocenters. The van der Waals surface area contributed by atoms with Crippen molar-refractivity contribution in [2.75, 3.05) is 26.3 Å². The number of hydrogen-bond donors (Lipinski definition) is 0. The van der Waals surface area contributed by atoms with Crippen molar-refractivity contribution in [3.63, 3.8) is 0 Å². The highest BCUT2D eigenvalue weighted by molar-refractivity contribution is 5.92. The van der Waals surface area contributed by atoms with Crippen molar-refractivity contribution in [2.24, 2.45) is 0 Å². The predicted octanol–water partition coefficient (Wildman–Crippen LogP) is 4.04. The molecule has 0 bridgehead atoms. The number of rotatable bonds is 5. The van der Waals surface area contributed by atoms with Crippen molar-refractivity contribution >= 4 is 16.7 Å². The molecule has 0 radical (unpaired) electrons. The maximum Gasteiger partial charge on any atom is 0.176 e. The molecule has 0 N–H and O–H groups in total. The van der Waals surface area contributed by atoms with E-state index in [9.17, 15) is 0 Å². The number of fused-ring (bicyclic) bond motifs is 2. The summed E-state index contributed by atoms with van der Waals surface area (Å²) in [7, 11) is 0. The number of hydrogen-bond acceptors (Lipinski definition) is 8. The molecule has 0 amide bonds. The summed E-state index contributed by atoms with van der Waals surface area (Å²) >= 11 is 0. The minimum absolute atomic E-state index is 0.611. The van der Waals surface area contributed by atoms with E-state index in [-0.39, 0.29) is 0 Å². The van der Waals surface area contributed by atoms with Crippen molar-refractivity contribution in [2.45, 2.75) is 20.4 Å². The van der Waals surface area contributed by atoms with Gasteiger partial charge in [0.25, 0.3) is 0 Å². The van der Waals surface area contributed by atoms with Gasteiger partial charge in [-0.2, -0.15) is 15.3 Å². The Balaban J connectivity index is 1.21. The van der Waals surface area contributed by atoms with Gasteiger partial charge in [0, 0.05) is 42.3 Å². The van der Waals surface area contributed by atoms with Gasteiger partial charge in [0.05, 0.1) is 42.7 Å². The number of pyridine rings is 2. The van der Waals surface area contributed by atoms with E-state index in [0.717, 1.165) is 77.7 Å². The van der Waals surface area contributed by atoms with Gasteiger partial charge in [0.1, 0.15) is 0 Å². The first-order valence-electron chi connectivity index (χ1n) is 13.0. The molecule has 1 fully saturated rings. The molecule has 10 nitrogen and oxygen atoms in total. The fraction of sp³-hybridized carbons (Fsp3) is 0.241. The molecular weight excluding hydrogens is 490 g/mol. The highest BCUT2D eigenvalue weighted by Crippen LogP contribution is 2.30.